The number of hydrogen-bond acceptors (Lipinski definition) is 3. The van der Waals surface area contributed by atoms with Gasteiger partial charge in [-0.1, -0.05) is 23.7 Å². The van der Waals surface area contributed by atoms with Gasteiger partial charge in [0.25, 0.3) is 0 Å². The number of aliphatic hydroxyl groups is 1. The molecule has 0 radical (unpaired) electrons. The van der Waals surface area contributed by atoms with E-state index in [0.717, 1.165) is 5.56 Å². The smallest absolute Gasteiger partial charge is 0.211 e. The summed E-state index contributed by atoms with van der Waals surface area (Å²) in [7, 11) is 3.35. The molecule has 18 heavy (non-hydrogen) atoms. The summed E-state index contributed by atoms with van der Waals surface area (Å²) >= 11 is 5.90. The highest BCUT2D eigenvalue weighted by Gasteiger charge is 2.14. The van der Waals surface area contributed by atoms with E-state index in [-0.39, 0.29) is 0 Å². The van der Waals surface area contributed by atoms with E-state index in [0.29, 0.717) is 23.0 Å². The van der Waals surface area contributed by atoms with Crippen LogP contribution in [0.5, 0.6) is 5.88 Å². The van der Waals surface area contributed by atoms with Gasteiger partial charge in [-0.05, 0) is 17.7 Å². The number of methoxy groups -OCH3 is 1. The summed E-state index contributed by atoms with van der Waals surface area (Å²) in [4.78, 5) is 0. The number of nitrogens with zero attached hydrogens (tertiary/aromatic N) is 2. The molecule has 4 nitrogen and oxygen atoms in total. The first kappa shape index (κ1) is 12.9. The molecule has 0 aliphatic rings. The molecular weight excluding hydrogens is 252 g/mol. The van der Waals surface area contributed by atoms with E-state index in [1.165, 1.54) is 0 Å². The molecule has 1 aromatic heterocycles. The number of aliphatic hydroxyl groups excluding tert-OH is 1. The van der Waals surface area contributed by atoms with Crippen molar-refractivity contribution in [2.24, 2.45) is 7.05 Å². The first-order chi connectivity index (χ1) is 8.60. The van der Waals surface area contributed by atoms with Crippen molar-refractivity contribution in [3.05, 3.63) is 46.6 Å². The highest BCUT2D eigenvalue weighted by molar-refractivity contribution is 6.30. The highest BCUT2D eigenvalue weighted by Crippen LogP contribution is 2.22. The van der Waals surface area contributed by atoms with Crippen LogP contribution in [0.2, 0.25) is 5.02 Å². The van der Waals surface area contributed by atoms with Crippen molar-refractivity contribution in [1.29, 1.82) is 0 Å². The Morgan fingerprint density at radius 3 is 2.83 bits per heavy atom. The second kappa shape index (κ2) is 5.42. The van der Waals surface area contributed by atoms with Crippen molar-refractivity contribution in [3.63, 3.8) is 0 Å². The first-order valence-electron chi connectivity index (χ1n) is 5.60. The van der Waals surface area contributed by atoms with Crippen molar-refractivity contribution >= 4 is 11.6 Å². The molecule has 1 heterocycles. The van der Waals surface area contributed by atoms with Gasteiger partial charge in [-0.15, -0.1) is 0 Å². The number of hydrogen-bond donors (Lipinski definition) is 1. The third-order valence-corrected chi connectivity index (χ3v) is 2.96. The molecule has 1 N–H and O–H groups in total. The predicted molar refractivity (Wildman–Crippen MR) is 69.9 cm³/mol. The largest absolute Gasteiger partial charge is 0.481 e. The van der Waals surface area contributed by atoms with Crippen LogP contribution in [-0.2, 0) is 13.5 Å². The lowest BCUT2D eigenvalue weighted by Crippen LogP contribution is -2.03. The highest BCUT2D eigenvalue weighted by atomic mass is 35.5. The van der Waals surface area contributed by atoms with E-state index in [1.807, 2.05) is 18.2 Å². The molecule has 1 aromatic carbocycles. The molecular formula is C13H15ClN2O2. The summed E-state index contributed by atoms with van der Waals surface area (Å²) in [5.41, 5.74) is 1.56. The summed E-state index contributed by atoms with van der Waals surface area (Å²) < 4.78 is 6.71. The molecule has 0 amide bonds. The number of aryl methyl sites for hydroxylation is 1. The molecule has 2 rings (SSSR count). The van der Waals surface area contributed by atoms with Crippen LogP contribution in [0.25, 0.3) is 0 Å². The maximum Gasteiger partial charge on any atom is 0.211 e. The molecule has 1 unspecified atom stereocenters. The van der Waals surface area contributed by atoms with Crippen molar-refractivity contribution in [3.8, 4) is 5.88 Å². The molecule has 0 bridgehead atoms. The Hall–Kier alpha value is -1.52. The standard InChI is InChI=1S/C13H15ClN2O2/c1-16-13(18-2)8-11(15-16)12(17)7-9-4-3-5-10(14)6-9/h3-6,8,12,17H,7H2,1-2H3. The number of ether oxygens (including phenoxy) is 1. The fraction of sp³-hybridized carbons (Fsp3) is 0.308. The maximum absolute atomic E-state index is 10.1. The molecule has 1 atom stereocenters. The zero-order chi connectivity index (χ0) is 13.1. The minimum absolute atomic E-state index is 0.473. The van der Waals surface area contributed by atoms with Gasteiger partial charge in [0.2, 0.25) is 5.88 Å². The van der Waals surface area contributed by atoms with Crippen molar-refractivity contribution in [2.75, 3.05) is 7.11 Å². The monoisotopic (exact) mass is 266 g/mol. The normalized spacial score (nSPS) is 12.4. The van der Waals surface area contributed by atoms with Gasteiger partial charge in [-0.3, -0.25) is 0 Å². The Labute approximate surface area is 111 Å². The van der Waals surface area contributed by atoms with Crippen LogP contribution < -0.4 is 4.74 Å². The van der Waals surface area contributed by atoms with E-state index in [2.05, 4.69) is 5.10 Å². The molecule has 0 fully saturated rings. The van der Waals surface area contributed by atoms with Crippen LogP contribution >= 0.6 is 11.6 Å². The lowest BCUT2D eigenvalue weighted by molar-refractivity contribution is 0.173. The summed E-state index contributed by atoms with van der Waals surface area (Å²) in [6.45, 7) is 0. The van der Waals surface area contributed by atoms with E-state index < -0.39 is 6.10 Å². The Morgan fingerprint density at radius 1 is 1.44 bits per heavy atom. The SMILES string of the molecule is COc1cc(C(O)Cc2cccc(Cl)c2)nn1C. The zero-order valence-electron chi connectivity index (χ0n) is 10.3. The third kappa shape index (κ3) is 2.83. The van der Waals surface area contributed by atoms with Crippen LogP contribution in [0.4, 0.5) is 0 Å². The lowest BCUT2D eigenvalue weighted by Gasteiger charge is -2.07. The van der Waals surface area contributed by atoms with Crippen LogP contribution in [0.15, 0.2) is 30.3 Å². The van der Waals surface area contributed by atoms with E-state index >= 15 is 0 Å². The molecule has 0 saturated heterocycles. The van der Waals surface area contributed by atoms with Crippen LogP contribution in [-0.4, -0.2) is 22.0 Å². The Kier molecular flexibility index (Phi) is 3.89. The molecule has 0 spiro atoms. The van der Waals surface area contributed by atoms with Gasteiger partial charge < -0.3 is 9.84 Å². The molecule has 96 valence electrons. The molecule has 0 aliphatic carbocycles. The maximum atomic E-state index is 10.1. The van der Waals surface area contributed by atoms with Gasteiger partial charge in [-0.25, -0.2) is 4.68 Å². The summed E-state index contributed by atoms with van der Waals surface area (Å²) in [5, 5.41) is 15.0. The fourth-order valence-electron chi connectivity index (χ4n) is 1.82. The first-order valence-corrected chi connectivity index (χ1v) is 5.98. The summed E-state index contributed by atoms with van der Waals surface area (Å²) in [6.07, 6.45) is -0.195. The van der Waals surface area contributed by atoms with Crippen LogP contribution in [0.3, 0.4) is 0 Å². The van der Waals surface area contributed by atoms with Crippen LogP contribution in [0, 0.1) is 0 Å². The van der Waals surface area contributed by atoms with Gasteiger partial charge in [-0.2, -0.15) is 5.10 Å². The Bertz CT molecular complexity index is 540. The minimum atomic E-state index is -0.668. The van der Waals surface area contributed by atoms with E-state index in [9.17, 15) is 5.11 Å². The number of benzene rings is 1. The fourth-order valence-corrected chi connectivity index (χ4v) is 2.03. The molecule has 0 saturated carbocycles. The van der Waals surface area contributed by atoms with Gasteiger partial charge in [0.15, 0.2) is 0 Å². The third-order valence-electron chi connectivity index (χ3n) is 2.72. The summed E-state index contributed by atoms with van der Waals surface area (Å²) in [5.74, 6) is 0.621. The van der Waals surface area contributed by atoms with Crippen LogP contribution in [0.1, 0.15) is 17.4 Å². The van der Waals surface area contributed by atoms with Gasteiger partial charge in [0.05, 0.1) is 12.8 Å². The minimum Gasteiger partial charge on any atom is -0.481 e. The topological polar surface area (TPSA) is 47.3 Å². The molecule has 5 heteroatoms. The number of rotatable bonds is 4. The van der Waals surface area contributed by atoms with Crippen molar-refractivity contribution in [1.82, 2.24) is 9.78 Å². The van der Waals surface area contributed by atoms with Gasteiger partial charge in [0.1, 0.15) is 6.10 Å². The average molecular weight is 267 g/mol. The van der Waals surface area contributed by atoms with Crippen molar-refractivity contribution < 1.29 is 9.84 Å². The second-order valence-corrected chi connectivity index (χ2v) is 4.52. The quantitative estimate of drug-likeness (QED) is 0.924. The number of aromatic nitrogens is 2. The average Bonchev–Trinajstić information content (AvgIpc) is 2.70. The molecule has 0 aliphatic heterocycles. The number of halogens is 1. The lowest BCUT2D eigenvalue weighted by atomic mass is 10.1. The van der Waals surface area contributed by atoms with Gasteiger partial charge >= 0.3 is 0 Å². The van der Waals surface area contributed by atoms with Gasteiger partial charge in [0, 0.05) is 24.6 Å². The predicted octanol–water partition coefficient (Wildman–Crippen LogP) is 2.36. The van der Waals surface area contributed by atoms with E-state index in [4.69, 9.17) is 16.3 Å². The Morgan fingerprint density at radius 2 is 2.22 bits per heavy atom. The molecule has 2 aromatic rings. The van der Waals surface area contributed by atoms with Crippen molar-refractivity contribution in [2.45, 2.75) is 12.5 Å². The second-order valence-electron chi connectivity index (χ2n) is 4.09. The summed E-state index contributed by atoms with van der Waals surface area (Å²) in [6, 6.07) is 9.17. The Balaban J connectivity index is 2.13. The zero-order valence-corrected chi connectivity index (χ0v) is 11.1. The van der Waals surface area contributed by atoms with E-state index in [1.54, 1.807) is 31.0 Å².